The minimum Gasteiger partial charge on any atom is -0.481 e. The Hall–Kier alpha value is -2.04. The van der Waals surface area contributed by atoms with Crippen LogP contribution in [0.1, 0.15) is 53.0 Å². The second-order valence-corrected chi connectivity index (χ2v) is 7.07. The Morgan fingerprint density at radius 1 is 1.30 bits per heavy atom. The van der Waals surface area contributed by atoms with Gasteiger partial charge in [0.1, 0.15) is 0 Å². The van der Waals surface area contributed by atoms with E-state index in [0.717, 1.165) is 11.4 Å². The molecule has 0 radical (unpaired) electrons. The van der Waals surface area contributed by atoms with Crippen molar-refractivity contribution in [3.63, 3.8) is 0 Å². The summed E-state index contributed by atoms with van der Waals surface area (Å²) in [6, 6.07) is 6.70. The molecule has 1 unspecified atom stereocenters. The van der Waals surface area contributed by atoms with Gasteiger partial charge in [-0.1, -0.05) is 19.9 Å². The number of carbonyl (C=O) groups is 2. The molecule has 1 aliphatic heterocycles. The molecule has 2 N–H and O–H groups in total. The van der Waals surface area contributed by atoms with Gasteiger partial charge >= 0.3 is 5.97 Å². The second kappa shape index (κ2) is 6.22. The van der Waals surface area contributed by atoms with Crippen molar-refractivity contribution >= 4 is 23.3 Å². The van der Waals surface area contributed by atoms with E-state index in [1.807, 2.05) is 12.1 Å². The van der Waals surface area contributed by atoms with Gasteiger partial charge in [-0.3, -0.25) is 9.59 Å². The average Bonchev–Trinajstić information content (AvgIpc) is 2.64. The third-order valence-corrected chi connectivity index (χ3v) is 4.84. The molecule has 1 atom stereocenters. The van der Waals surface area contributed by atoms with Gasteiger partial charge in [-0.2, -0.15) is 0 Å². The van der Waals surface area contributed by atoms with Crippen LogP contribution >= 0.6 is 0 Å². The van der Waals surface area contributed by atoms with Crippen molar-refractivity contribution in [1.82, 2.24) is 0 Å². The molecule has 1 heterocycles. The molecule has 126 valence electrons. The molecule has 23 heavy (non-hydrogen) atoms. The van der Waals surface area contributed by atoms with Crippen LogP contribution in [0.2, 0.25) is 0 Å². The van der Waals surface area contributed by atoms with Gasteiger partial charge in [-0.25, -0.2) is 0 Å². The fraction of sp³-hybridized carbons (Fsp3) is 0.556. The Morgan fingerprint density at radius 2 is 1.96 bits per heavy atom. The van der Waals surface area contributed by atoms with E-state index in [9.17, 15) is 9.59 Å². The number of nitrogens with one attached hydrogen (secondary N) is 1. The molecule has 5 heteroatoms. The summed E-state index contributed by atoms with van der Waals surface area (Å²) in [7, 11) is 0. The molecule has 0 fully saturated rings. The number of anilines is 2. The van der Waals surface area contributed by atoms with Gasteiger partial charge in [0.05, 0.1) is 6.42 Å². The summed E-state index contributed by atoms with van der Waals surface area (Å²) in [5, 5.41) is 11.5. The van der Waals surface area contributed by atoms with Crippen LogP contribution in [0.15, 0.2) is 18.2 Å². The van der Waals surface area contributed by atoms with Crippen molar-refractivity contribution in [3.8, 4) is 0 Å². The largest absolute Gasteiger partial charge is 0.481 e. The summed E-state index contributed by atoms with van der Waals surface area (Å²) in [6.45, 7) is 11.0. The van der Waals surface area contributed by atoms with E-state index in [-0.39, 0.29) is 24.2 Å². The smallest absolute Gasteiger partial charge is 0.303 e. The van der Waals surface area contributed by atoms with E-state index in [4.69, 9.17) is 5.11 Å². The number of carboxylic acid groups (broad SMARTS) is 1. The first-order valence-corrected chi connectivity index (χ1v) is 8.09. The van der Waals surface area contributed by atoms with Crippen LogP contribution in [0.4, 0.5) is 11.4 Å². The number of benzene rings is 1. The quantitative estimate of drug-likeness (QED) is 0.873. The van der Waals surface area contributed by atoms with E-state index < -0.39 is 5.97 Å². The van der Waals surface area contributed by atoms with Gasteiger partial charge in [-0.05, 0) is 38.5 Å². The lowest BCUT2D eigenvalue weighted by Gasteiger charge is -2.34. The van der Waals surface area contributed by atoms with Gasteiger partial charge in [-0.15, -0.1) is 0 Å². The highest BCUT2D eigenvalue weighted by molar-refractivity contribution is 5.93. The van der Waals surface area contributed by atoms with E-state index >= 15 is 0 Å². The first-order chi connectivity index (χ1) is 10.6. The summed E-state index contributed by atoms with van der Waals surface area (Å²) in [4.78, 5) is 24.8. The van der Waals surface area contributed by atoms with Crippen molar-refractivity contribution < 1.29 is 14.7 Å². The summed E-state index contributed by atoms with van der Waals surface area (Å²) in [5.74, 6) is -1.23. The summed E-state index contributed by atoms with van der Waals surface area (Å²) >= 11 is 0. The highest BCUT2D eigenvalue weighted by Crippen LogP contribution is 2.46. The number of fused-ring (bicyclic) bond motifs is 1. The summed E-state index contributed by atoms with van der Waals surface area (Å²) in [5.41, 5.74) is 3.19. The number of carboxylic acids is 1. The fourth-order valence-electron chi connectivity index (χ4n) is 3.32. The SMILES string of the molecule is CC(C)N1c2cc(NC(=O)CCC(=O)O)ccc2C(C)(C)C1C. The number of amides is 1. The van der Waals surface area contributed by atoms with Crippen LogP contribution in [0.25, 0.3) is 0 Å². The minimum atomic E-state index is -0.962. The molecule has 0 aliphatic carbocycles. The zero-order valence-corrected chi connectivity index (χ0v) is 14.5. The number of rotatable bonds is 5. The van der Waals surface area contributed by atoms with Gasteiger partial charge in [0.15, 0.2) is 0 Å². The first kappa shape index (κ1) is 17.3. The van der Waals surface area contributed by atoms with Gasteiger partial charge in [0.25, 0.3) is 0 Å². The standard InChI is InChI=1S/C18H26N2O3/c1-11(2)20-12(3)18(4,5)14-7-6-13(10-15(14)20)19-16(21)8-9-17(22)23/h6-7,10-12H,8-9H2,1-5H3,(H,19,21)(H,22,23). The molecular weight excluding hydrogens is 292 g/mol. The van der Waals surface area contributed by atoms with Gasteiger partial charge in [0.2, 0.25) is 5.91 Å². The predicted octanol–water partition coefficient (Wildman–Crippen LogP) is 3.38. The number of hydrogen-bond acceptors (Lipinski definition) is 3. The van der Waals surface area contributed by atoms with E-state index in [2.05, 4.69) is 50.9 Å². The fourth-order valence-corrected chi connectivity index (χ4v) is 3.32. The van der Waals surface area contributed by atoms with Crippen molar-refractivity contribution in [2.75, 3.05) is 10.2 Å². The highest BCUT2D eigenvalue weighted by Gasteiger charge is 2.42. The zero-order valence-electron chi connectivity index (χ0n) is 14.5. The third-order valence-electron chi connectivity index (χ3n) is 4.84. The highest BCUT2D eigenvalue weighted by atomic mass is 16.4. The van der Waals surface area contributed by atoms with Gasteiger partial charge < -0.3 is 15.3 Å². The van der Waals surface area contributed by atoms with E-state index in [1.165, 1.54) is 5.56 Å². The lowest BCUT2D eigenvalue weighted by Crippen LogP contribution is -2.42. The van der Waals surface area contributed by atoms with Crippen molar-refractivity contribution in [3.05, 3.63) is 23.8 Å². The maximum Gasteiger partial charge on any atom is 0.303 e. The maximum atomic E-state index is 11.8. The van der Waals surface area contributed by atoms with Crippen LogP contribution in [0, 0.1) is 0 Å². The van der Waals surface area contributed by atoms with Crippen LogP contribution in [-0.2, 0) is 15.0 Å². The summed E-state index contributed by atoms with van der Waals surface area (Å²) in [6.07, 6.45) is -0.166. The van der Waals surface area contributed by atoms with Crippen molar-refractivity contribution in [1.29, 1.82) is 0 Å². The number of carbonyl (C=O) groups excluding carboxylic acids is 1. The molecule has 0 bridgehead atoms. The molecule has 0 saturated carbocycles. The molecule has 0 aromatic heterocycles. The molecule has 5 nitrogen and oxygen atoms in total. The van der Waals surface area contributed by atoms with Crippen molar-refractivity contribution in [2.24, 2.45) is 0 Å². The normalized spacial score (nSPS) is 18.9. The lowest BCUT2D eigenvalue weighted by atomic mass is 9.81. The van der Waals surface area contributed by atoms with E-state index in [0.29, 0.717) is 12.1 Å². The molecule has 1 aromatic carbocycles. The van der Waals surface area contributed by atoms with Crippen LogP contribution in [0.5, 0.6) is 0 Å². The zero-order chi connectivity index (χ0) is 17.4. The van der Waals surface area contributed by atoms with E-state index in [1.54, 1.807) is 0 Å². The van der Waals surface area contributed by atoms with Crippen LogP contribution < -0.4 is 10.2 Å². The Bertz CT molecular complexity index is 623. The van der Waals surface area contributed by atoms with Gasteiger partial charge in [0, 0.05) is 35.3 Å². The van der Waals surface area contributed by atoms with Crippen LogP contribution in [-0.4, -0.2) is 29.1 Å². The molecule has 0 spiro atoms. The summed E-state index contributed by atoms with van der Waals surface area (Å²) < 4.78 is 0. The Morgan fingerprint density at radius 3 is 2.52 bits per heavy atom. The molecule has 1 amide bonds. The molecular formula is C18H26N2O3. The predicted molar refractivity (Wildman–Crippen MR) is 92.0 cm³/mol. The molecule has 0 saturated heterocycles. The third kappa shape index (κ3) is 3.33. The number of nitrogens with zero attached hydrogens (tertiary/aromatic N) is 1. The molecule has 1 aliphatic rings. The molecule has 2 rings (SSSR count). The number of hydrogen-bond donors (Lipinski definition) is 2. The lowest BCUT2D eigenvalue weighted by molar-refractivity contribution is -0.138. The maximum absolute atomic E-state index is 11.8. The Labute approximate surface area is 137 Å². The topological polar surface area (TPSA) is 69.6 Å². The number of aliphatic carboxylic acids is 1. The monoisotopic (exact) mass is 318 g/mol. The second-order valence-electron chi connectivity index (χ2n) is 7.07. The minimum absolute atomic E-state index is 0.0117. The molecule has 1 aromatic rings. The average molecular weight is 318 g/mol. The Balaban J connectivity index is 2.25. The Kier molecular flexibility index (Phi) is 4.68. The first-order valence-electron chi connectivity index (χ1n) is 8.09. The van der Waals surface area contributed by atoms with Crippen LogP contribution in [0.3, 0.4) is 0 Å². The van der Waals surface area contributed by atoms with Crippen molar-refractivity contribution in [2.45, 2.75) is 65.0 Å².